The van der Waals surface area contributed by atoms with E-state index in [0.717, 1.165) is 29.9 Å². The predicted octanol–water partition coefficient (Wildman–Crippen LogP) is 3.18. The number of methoxy groups -OCH3 is 1. The van der Waals surface area contributed by atoms with Crippen LogP contribution in [0.4, 0.5) is 0 Å². The normalized spacial score (nSPS) is 29.9. The van der Waals surface area contributed by atoms with Gasteiger partial charge in [-0.3, -0.25) is 0 Å². The average molecular weight is 259 g/mol. The highest BCUT2D eigenvalue weighted by atomic mass is 16.5. The van der Waals surface area contributed by atoms with Gasteiger partial charge in [-0.1, -0.05) is 17.7 Å². The lowest BCUT2D eigenvalue weighted by Crippen LogP contribution is -2.35. The molecule has 19 heavy (non-hydrogen) atoms. The minimum atomic E-state index is 0.600. The number of benzene rings is 1. The lowest BCUT2D eigenvalue weighted by Gasteiger charge is -2.25. The fraction of sp³-hybridized carbons (Fsp3) is 0.647. The van der Waals surface area contributed by atoms with Gasteiger partial charge in [-0.15, -0.1) is 0 Å². The van der Waals surface area contributed by atoms with Crippen molar-refractivity contribution in [1.29, 1.82) is 0 Å². The van der Waals surface area contributed by atoms with Crippen LogP contribution in [-0.4, -0.2) is 20.2 Å². The molecule has 2 nitrogen and oxygen atoms in total. The second-order valence-corrected chi connectivity index (χ2v) is 6.40. The molecule has 2 aliphatic carbocycles. The van der Waals surface area contributed by atoms with E-state index in [1.54, 1.807) is 7.11 Å². The molecule has 3 rings (SSSR count). The van der Waals surface area contributed by atoms with E-state index in [0.29, 0.717) is 6.04 Å². The van der Waals surface area contributed by atoms with E-state index in [4.69, 9.17) is 4.74 Å². The lowest BCUT2D eigenvalue weighted by atomic mass is 9.89. The topological polar surface area (TPSA) is 21.3 Å². The summed E-state index contributed by atoms with van der Waals surface area (Å²) < 4.78 is 5.51. The van der Waals surface area contributed by atoms with Gasteiger partial charge in [0.15, 0.2) is 0 Å². The fourth-order valence-corrected chi connectivity index (χ4v) is 3.90. The Morgan fingerprint density at radius 3 is 2.63 bits per heavy atom. The zero-order valence-corrected chi connectivity index (χ0v) is 12.3. The summed E-state index contributed by atoms with van der Waals surface area (Å²) in [5.41, 5.74) is 2.67. The smallest absolute Gasteiger partial charge is 0.122 e. The van der Waals surface area contributed by atoms with Gasteiger partial charge in [-0.05, 0) is 69.0 Å². The summed E-state index contributed by atoms with van der Waals surface area (Å²) >= 11 is 0. The van der Waals surface area contributed by atoms with Crippen molar-refractivity contribution in [1.82, 2.24) is 5.32 Å². The van der Waals surface area contributed by atoms with Gasteiger partial charge in [0, 0.05) is 6.04 Å². The second kappa shape index (κ2) is 5.16. The standard InChI is InChI=1S/C17H25NO/c1-11-4-5-17(19-3)15(6-11)10-16(18-2)14-8-12-7-13(12)9-14/h4-6,12-14,16,18H,7-10H2,1-3H3. The largest absolute Gasteiger partial charge is 0.496 e. The first kappa shape index (κ1) is 13.0. The Morgan fingerprint density at radius 1 is 1.26 bits per heavy atom. The van der Waals surface area contributed by atoms with Gasteiger partial charge in [0.25, 0.3) is 0 Å². The van der Waals surface area contributed by atoms with E-state index >= 15 is 0 Å². The van der Waals surface area contributed by atoms with Gasteiger partial charge in [-0.25, -0.2) is 0 Å². The van der Waals surface area contributed by atoms with Crippen LogP contribution in [0.3, 0.4) is 0 Å². The molecule has 2 aliphatic rings. The number of hydrogen-bond acceptors (Lipinski definition) is 2. The first-order valence-corrected chi connectivity index (χ1v) is 7.52. The molecule has 3 unspecified atom stereocenters. The van der Waals surface area contributed by atoms with Crippen molar-refractivity contribution in [2.45, 2.75) is 38.6 Å². The first-order valence-electron chi connectivity index (χ1n) is 7.52. The molecule has 1 N–H and O–H groups in total. The fourth-order valence-electron chi connectivity index (χ4n) is 3.90. The lowest BCUT2D eigenvalue weighted by molar-refractivity contribution is 0.342. The van der Waals surface area contributed by atoms with Gasteiger partial charge >= 0.3 is 0 Å². The zero-order valence-electron chi connectivity index (χ0n) is 12.3. The van der Waals surface area contributed by atoms with E-state index in [2.05, 4.69) is 37.5 Å². The Balaban J connectivity index is 1.73. The third kappa shape index (κ3) is 2.64. The van der Waals surface area contributed by atoms with E-state index in [-0.39, 0.29) is 0 Å². The van der Waals surface area contributed by atoms with Crippen LogP contribution in [0.25, 0.3) is 0 Å². The Hall–Kier alpha value is -1.02. The summed E-state index contributed by atoms with van der Waals surface area (Å²) in [6.07, 6.45) is 5.46. The van der Waals surface area contributed by atoms with Crippen LogP contribution in [0.1, 0.15) is 30.4 Å². The van der Waals surface area contributed by atoms with Crippen LogP contribution >= 0.6 is 0 Å². The van der Waals surface area contributed by atoms with E-state index < -0.39 is 0 Å². The Bertz CT molecular complexity index is 447. The summed E-state index contributed by atoms with van der Waals surface area (Å²) in [6.45, 7) is 2.15. The van der Waals surface area contributed by atoms with Crippen molar-refractivity contribution in [2.24, 2.45) is 17.8 Å². The van der Waals surface area contributed by atoms with Crippen LogP contribution < -0.4 is 10.1 Å². The molecule has 2 heteroatoms. The molecule has 0 amide bonds. The summed E-state index contributed by atoms with van der Waals surface area (Å²) in [7, 11) is 3.88. The number of aryl methyl sites for hydroxylation is 1. The molecule has 0 radical (unpaired) electrons. The van der Waals surface area contributed by atoms with Crippen molar-refractivity contribution in [3.63, 3.8) is 0 Å². The maximum atomic E-state index is 5.51. The highest BCUT2D eigenvalue weighted by Gasteiger charge is 2.47. The van der Waals surface area contributed by atoms with Crippen LogP contribution in [0, 0.1) is 24.7 Å². The summed E-state index contributed by atoms with van der Waals surface area (Å²) in [5, 5.41) is 3.55. The van der Waals surface area contributed by atoms with Crippen molar-refractivity contribution in [3.8, 4) is 5.75 Å². The Kier molecular flexibility index (Phi) is 3.53. The maximum absolute atomic E-state index is 5.51. The number of ether oxygens (including phenoxy) is 1. The molecular weight excluding hydrogens is 234 g/mol. The van der Waals surface area contributed by atoms with Crippen molar-refractivity contribution < 1.29 is 4.74 Å². The second-order valence-electron chi connectivity index (χ2n) is 6.40. The predicted molar refractivity (Wildman–Crippen MR) is 78.6 cm³/mol. The van der Waals surface area contributed by atoms with Crippen molar-refractivity contribution >= 4 is 0 Å². The average Bonchev–Trinajstić information content (AvgIpc) is 3.03. The Labute approximate surface area is 116 Å². The minimum Gasteiger partial charge on any atom is -0.496 e. The molecule has 0 bridgehead atoms. The molecular formula is C17H25NO. The summed E-state index contributed by atoms with van der Waals surface area (Å²) in [6, 6.07) is 7.10. The van der Waals surface area contributed by atoms with Gasteiger partial charge in [-0.2, -0.15) is 0 Å². The SMILES string of the molecule is CNC(Cc1cc(C)ccc1OC)C1CC2CC2C1. The van der Waals surface area contributed by atoms with Gasteiger partial charge in [0.1, 0.15) is 5.75 Å². The molecule has 2 saturated carbocycles. The number of likely N-dealkylation sites (N-methyl/N-ethyl adjacent to an activating group) is 1. The zero-order chi connectivity index (χ0) is 13.4. The third-order valence-corrected chi connectivity index (χ3v) is 5.10. The van der Waals surface area contributed by atoms with Crippen LogP contribution in [0.5, 0.6) is 5.75 Å². The quantitative estimate of drug-likeness (QED) is 0.877. The molecule has 0 aliphatic heterocycles. The highest BCUT2D eigenvalue weighted by Crippen LogP contribution is 2.55. The van der Waals surface area contributed by atoms with Crippen molar-refractivity contribution in [2.75, 3.05) is 14.2 Å². The highest BCUT2D eigenvalue weighted by molar-refractivity contribution is 5.37. The van der Waals surface area contributed by atoms with Crippen LogP contribution in [0.15, 0.2) is 18.2 Å². The van der Waals surface area contributed by atoms with Crippen LogP contribution in [0.2, 0.25) is 0 Å². The number of rotatable bonds is 5. The summed E-state index contributed by atoms with van der Waals surface area (Å²) in [5.74, 6) is 4.01. The van der Waals surface area contributed by atoms with E-state index in [9.17, 15) is 0 Å². The van der Waals surface area contributed by atoms with Crippen molar-refractivity contribution in [3.05, 3.63) is 29.3 Å². The minimum absolute atomic E-state index is 0.600. The van der Waals surface area contributed by atoms with E-state index in [1.807, 2.05) is 0 Å². The molecule has 1 aromatic rings. The molecule has 2 fully saturated rings. The number of nitrogens with one attached hydrogen (secondary N) is 1. The third-order valence-electron chi connectivity index (χ3n) is 5.10. The Morgan fingerprint density at radius 2 is 2.00 bits per heavy atom. The van der Waals surface area contributed by atoms with Gasteiger partial charge in [0.05, 0.1) is 7.11 Å². The molecule has 104 valence electrons. The molecule has 3 atom stereocenters. The summed E-state index contributed by atoms with van der Waals surface area (Å²) in [4.78, 5) is 0. The maximum Gasteiger partial charge on any atom is 0.122 e. The van der Waals surface area contributed by atoms with Gasteiger partial charge in [0.2, 0.25) is 0 Å². The number of hydrogen-bond donors (Lipinski definition) is 1. The van der Waals surface area contributed by atoms with Gasteiger partial charge < -0.3 is 10.1 Å². The molecule has 0 aromatic heterocycles. The van der Waals surface area contributed by atoms with E-state index in [1.165, 1.54) is 30.4 Å². The molecule has 0 saturated heterocycles. The molecule has 0 spiro atoms. The number of fused-ring (bicyclic) bond motifs is 1. The molecule has 1 aromatic carbocycles. The first-order chi connectivity index (χ1) is 9.21. The molecule has 0 heterocycles. The monoisotopic (exact) mass is 259 g/mol. The van der Waals surface area contributed by atoms with Crippen LogP contribution in [-0.2, 0) is 6.42 Å².